The molecule has 2 aromatic rings. The van der Waals surface area contributed by atoms with Crippen molar-refractivity contribution in [2.45, 2.75) is 0 Å². The second-order valence-corrected chi connectivity index (χ2v) is 5.94. The zero-order chi connectivity index (χ0) is 14.0. The Labute approximate surface area is 132 Å². The molecule has 0 aliphatic heterocycles. The fourth-order valence-corrected chi connectivity index (χ4v) is 2.32. The highest BCUT2D eigenvalue weighted by molar-refractivity contribution is 9.11. The molecular weight excluding hydrogens is 395 g/mol. The molecular formula is C13H9Br2ClN2O. The first-order chi connectivity index (χ1) is 8.97. The number of rotatable bonds is 2. The number of nitrogens with one attached hydrogen (secondary N) is 1. The number of hydrogen-bond acceptors (Lipinski definition) is 2. The molecule has 3 N–H and O–H groups in total. The van der Waals surface area contributed by atoms with Crippen LogP contribution in [0.15, 0.2) is 45.3 Å². The van der Waals surface area contributed by atoms with Crippen LogP contribution in [0.2, 0.25) is 5.02 Å². The summed E-state index contributed by atoms with van der Waals surface area (Å²) in [5, 5.41) is 3.37. The Hall–Kier alpha value is -1.04. The lowest BCUT2D eigenvalue weighted by molar-refractivity contribution is 0.102. The molecule has 0 aliphatic carbocycles. The number of carbonyl (C=O) groups is 1. The molecule has 3 nitrogen and oxygen atoms in total. The molecule has 98 valence electrons. The maximum absolute atomic E-state index is 12.1. The van der Waals surface area contributed by atoms with Gasteiger partial charge < -0.3 is 11.1 Å². The van der Waals surface area contributed by atoms with Gasteiger partial charge in [0.05, 0.1) is 5.02 Å². The minimum absolute atomic E-state index is 0.213. The third-order valence-corrected chi connectivity index (χ3v) is 4.34. The van der Waals surface area contributed by atoms with Crippen molar-refractivity contribution < 1.29 is 4.79 Å². The van der Waals surface area contributed by atoms with Gasteiger partial charge in [-0.25, -0.2) is 0 Å². The summed E-state index contributed by atoms with van der Waals surface area (Å²) < 4.78 is 1.42. The van der Waals surface area contributed by atoms with Gasteiger partial charge in [0.25, 0.3) is 5.91 Å². The lowest BCUT2D eigenvalue weighted by Crippen LogP contribution is -2.12. The van der Waals surface area contributed by atoms with Crippen molar-refractivity contribution in [2.75, 3.05) is 11.1 Å². The Morgan fingerprint density at radius 2 is 1.84 bits per heavy atom. The summed E-state index contributed by atoms with van der Waals surface area (Å²) in [5.41, 5.74) is 7.45. The van der Waals surface area contributed by atoms with Gasteiger partial charge in [-0.3, -0.25) is 4.79 Å². The van der Waals surface area contributed by atoms with Crippen LogP contribution >= 0.6 is 43.5 Å². The third kappa shape index (κ3) is 3.49. The summed E-state index contributed by atoms with van der Waals surface area (Å²) in [4.78, 5) is 12.1. The second kappa shape index (κ2) is 5.94. The molecule has 0 aliphatic rings. The quantitative estimate of drug-likeness (QED) is 0.713. The van der Waals surface area contributed by atoms with Crippen molar-refractivity contribution in [1.29, 1.82) is 0 Å². The number of benzene rings is 2. The Morgan fingerprint density at radius 1 is 1.11 bits per heavy atom. The lowest BCUT2D eigenvalue weighted by Gasteiger charge is -2.07. The van der Waals surface area contributed by atoms with Gasteiger partial charge in [0.15, 0.2) is 0 Å². The molecule has 6 heteroatoms. The van der Waals surface area contributed by atoms with Crippen molar-refractivity contribution >= 4 is 60.7 Å². The van der Waals surface area contributed by atoms with E-state index >= 15 is 0 Å². The van der Waals surface area contributed by atoms with Crippen LogP contribution in [0.1, 0.15) is 10.4 Å². The normalized spacial score (nSPS) is 10.3. The van der Waals surface area contributed by atoms with Crippen molar-refractivity contribution in [3.63, 3.8) is 0 Å². The van der Waals surface area contributed by atoms with Gasteiger partial charge in [-0.2, -0.15) is 0 Å². The third-order valence-electron chi connectivity index (χ3n) is 2.44. The molecule has 0 aromatic heterocycles. The SMILES string of the molecule is Nc1ccc(C(=O)Nc2ccc(Cl)c(Br)c2)cc1Br. The number of nitrogens with two attached hydrogens (primary N) is 1. The predicted octanol–water partition coefficient (Wildman–Crippen LogP) is 4.70. The highest BCUT2D eigenvalue weighted by atomic mass is 79.9. The molecule has 0 radical (unpaired) electrons. The summed E-state index contributed by atoms with van der Waals surface area (Å²) in [6, 6.07) is 10.2. The van der Waals surface area contributed by atoms with Crippen molar-refractivity contribution in [3.8, 4) is 0 Å². The predicted molar refractivity (Wildman–Crippen MR) is 85.7 cm³/mol. The number of amides is 1. The van der Waals surface area contributed by atoms with Gasteiger partial charge in [-0.15, -0.1) is 0 Å². The van der Waals surface area contributed by atoms with E-state index in [-0.39, 0.29) is 5.91 Å². The summed E-state index contributed by atoms with van der Waals surface area (Å²) in [5.74, 6) is -0.213. The van der Waals surface area contributed by atoms with E-state index in [4.69, 9.17) is 17.3 Å². The maximum Gasteiger partial charge on any atom is 0.255 e. The first-order valence-electron chi connectivity index (χ1n) is 5.29. The molecule has 0 bridgehead atoms. The van der Waals surface area contributed by atoms with Gasteiger partial charge in [-0.05, 0) is 68.3 Å². The van der Waals surface area contributed by atoms with Gasteiger partial charge in [0.1, 0.15) is 0 Å². The van der Waals surface area contributed by atoms with Crippen LogP contribution < -0.4 is 11.1 Å². The Kier molecular flexibility index (Phi) is 4.50. The van der Waals surface area contributed by atoms with Crippen LogP contribution in [-0.4, -0.2) is 5.91 Å². The highest BCUT2D eigenvalue weighted by Gasteiger charge is 2.08. The Morgan fingerprint density at radius 3 is 2.47 bits per heavy atom. The van der Waals surface area contributed by atoms with E-state index < -0.39 is 0 Å². The minimum atomic E-state index is -0.213. The zero-order valence-electron chi connectivity index (χ0n) is 9.58. The van der Waals surface area contributed by atoms with Crippen LogP contribution in [0, 0.1) is 0 Å². The second-order valence-electron chi connectivity index (χ2n) is 3.82. The van der Waals surface area contributed by atoms with E-state index in [1.807, 2.05) is 0 Å². The van der Waals surface area contributed by atoms with Crippen LogP contribution in [0.3, 0.4) is 0 Å². The number of halogens is 3. The fraction of sp³-hybridized carbons (Fsp3) is 0. The zero-order valence-corrected chi connectivity index (χ0v) is 13.5. The largest absolute Gasteiger partial charge is 0.398 e. The molecule has 0 spiro atoms. The smallest absolute Gasteiger partial charge is 0.255 e. The molecule has 0 saturated heterocycles. The van der Waals surface area contributed by atoms with Crippen LogP contribution in [0.5, 0.6) is 0 Å². The Balaban J connectivity index is 2.20. The van der Waals surface area contributed by atoms with E-state index in [9.17, 15) is 4.79 Å². The van der Waals surface area contributed by atoms with Gasteiger partial charge in [-0.1, -0.05) is 11.6 Å². The number of anilines is 2. The molecule has 0 atom stereocenters. The van der Waals surface area contributed by atoms with E-state index in [0.29, 0.717) is 26.4 Å². The average Bonchev–Trinajstić information content (AvgIpc) is 2.37. The van der Waals surface area contributed by atoms with Crippen molar-refractivity contribution in [3.05, 3.63) is 55.9 Å². The molecule has 0 unspecified atom stereocenters. The van der Waals surface area contributed by atoms with Gasteiger partial charge >= 0.3 is 0 Å². The average molecular weight is 404 g/mol. The summed E-state index contributed by atoms with van der Waals surface area (Å²) in [7, 11) is 0. The molecule has 1 amide bonds. The number of hydrogen-bond donors (Lipinski definition) is 2. The first-order valence-corrected chi connectivity index (χ1v) is 7.25. The van der Waals surface area contributed by atoms with E-state index in [1.54, 1.807) is 36.4 Å². The van der Waals surface area contributed by atoms with E-state index in [0.717, 1.165) is 4.47 Å². The van der Waals surface area contributed by atoms with Gasteiger partial charge in [0.2, 0.25) is 0 Å². The molecule has 0 fully saturated rings. The van der Waals surface area contributed by atoms with Gasteiger partial charge in [0, 0.05) is 25.9 Å². The van der Waals surface area contributed by atoms with E-state index in [1.165, 1.54) is 0 Å². The van der Waals surface area contributed by atoms with Crippen LogP contribution in [-0.2, 0) is 0 Å². The van der Waals surface area contributed by atoms with Crippen molar-refractivity contribution in [1.82, 2.24) is 0 Å². The molecule has 0 heterocycles. The standard InChI is InChI=1S/C13H9Br2ClN2O/c14-9-6-8(2-3-11(9)16)18-13(19)7-1-4-12(17)10(15)5-7/h1-6H,17H2,(H,18,19). The summed E-state index contributed by atoms with van der Waals surface area (Å²) >= 11 is 12.5. The highest BCUT2D eigenvalue weighted by Crippen LogP contribution is 2.26. The summed E-state index contributed by atoms with van der Waals surface area (Å²) in [6.45, 7) is 0. The van der Waals surface area contributed by atoms with E-state index in [2.05, 4.69) is 37.2 Å². The summed E-state index contributed by atoms with van der Waals surface area (Å²) in [6.07, 6.45) is 0. The fourth-order valence-electron chi connectivity index (χ4n) is 1.45. The minimum Gasteiger partial charge on any atom is -0.398 e. The number of nitrogen functional groups attached to an aromatic ring is 1. The maximum atomic E-state index is 12.1. The first kappa shape index (κ1) is 14.4. The molecule has 0 saturated carbocycles. The topological polar surface area (TPSA) is 55.1 Å². The monoisotopic (exact) mass is 402 g/mol. The molecule has 2 aromatic carbocycles. The van der Waals surface area contributed by atoms with Crippen LogP contribution in [0.4, 0.5) is 11.4 Å². The van der Waals surface area contributed by atoms with Crippen LogP contribution in [0.25, 0.3) is 0 Å². The molecule has 19 heavy (non-hydrogen) atoms. The number of carbonyl (C=O) groups excluding carboxylic acids is 1. The molecule has 2 rings (SSSR count). The lowest BCUT2D eigenvalue weighted by atomic mass is 10.2. The van der Waals surface area contributed by atoms with Crippen molar-refractivity contribution in [2.24, 2.45) is 0 Å². The Bertz CT molecular complexity index is 647.